The Morgan fingerprint density at radius 2 is 1.86 bits per heavy atom. The lowest BCUT2D eigenvalue weighted by Crippen LogP contribution is -2.31. The summed E-state index contributed by atoms with van der Waals surface area (Å²) in [6.45, 7) is 5.54. The van der Waals surface area contributed by atoms with Crippen molar-refractivity contribution in [2.75, 3.05) is 13.7 Å². The summed E-state index contributed by atoms with van der Waals surface area (Å²) in [6, 6.07) is 9.23. The summed E-state index contributed by atoms with van der Waals surface area (Å²) in [4.78, 5) is 0. The summed E-state index contributed by atoms with van der Waals surface area (Å²) in [7, 11) is 1.76. The Bertz CT molecular complexity index is 408. The van der Waals surface area contributed by atoms with E-state index in [9.17, 15) is 0 Å². The van der Waals surface area contributed by atoms with Gasteiger partial charge >= 0.3 is 0 Å². The standard InChI is InChI=1S/C19H31NO/c1-15(2)20-14-19(16-9-6-4-5-7-10-16)17-11-8-12-18(13-17)21-3/h8,11-13,15-16,19-20H,4-7,9-10,14H2,1-3H3. The van der Waals surface area contributed by atoms with Crippen molar-refractivity contribution in [2.45, 2.75) is 64.3 Å². The van der Waals surface area contributed by atoms with Gasteiger partial charge in [-0.25, -0.2) is 0 Å². The van der Waals surface area contributed by atoms with E-state index in [4.69, 9.17) is 4.74 Å². The van der Waals surface area contributed by atoms with Crippen molar-refractivity contribution in [3.05, 3.63) is 29.8 Å². The Kier molecular flexibility index (Phi) is 6.56. The van der Waals surface area contributed by atoms with Gasteiger partial charge in [-0.05, 0) is 42.4 Å². The summed E-state index contributed by atoms with van der Waals surface area (Å²) < 4.78 is 5.42. The van der Waals surface area contributed by atoms with Gasteiger partial charge in [0.15, 0.2) is 0 Å². The van der Waals surface area contributed by atoms with Crippen LogP contribution in [0, 0.1) is 5.92 Å². The monoisotopic (exact) mass is 289 g/mol. The lowest BCUT2D eigenvalue weighted by molar-refractivity contribution is 0.351. The van der Waals surface area contributed by atoms with Crippen LogP contribution in [0.4, 0.5) is 0 Å². The molecule has 2 heteroatoms. The average molecular weight is 289 g/mol. The predicted octanol–water partition coefficient (Wildman–Crippen LogP) is 4.75. The topological polar surface area (TPSA) is 21.3 Å². The molecule has 1 saturated carbocycles. The Morgan fingerprint density at radius 1 is 1.14 bits per heavy atom. The van der Waals surface area contributed by atoms with Gasteiger partial charge in [-0.15, -0.1) is 0 Å². The van der Waals surface area contributed by atoms with Crippen molar-refractivity contribution >= 4 is 0 Å². The smallest absolute Gasteiger partial charge is 0.119 e. The second kappa shape index (κ2) is 8.43. The van der Waals surface area contributed by atoms with Crippen LogP contribution in [0.15, 0.2) is 24.3 Å². The van der Waals surface area contributed by atoms with Crippen molar-refractivity contribution in [3.8, 4) is 5.75 Å². The van der Waals surface area contributed by atoms with Gasteiger partial charge < -0.3 is 10.1 Å². The summed E-state index contributed by atoms with van der Waals surface area (Å²) in [5.41, 5.74) is 1.44. The van der Waals surface area contributed by atoms with Gasteiger partial charge in [-0.1, -0.05) is 51.7 Å². The molecular formula is C19H31NO. The first kappa shape index (κ1) is 16.4. The van der Waals surface area contributed by atoms with E-state index in [1.165, 1.54) is 44.1 Å². The van der Waals surface area contributed by atoms with Crippen molar-refractivity contribution in [2.24, 2.45) is 5.92 Å². The van der Waals surface area contributed by atoms with Gasteiger partial charge in [0.1, 0.15) is 5.75 Å². The van der Waals surface area contributed by atoms with E-state index in [-0.39, 0.29) is 0 Å². The average Bonchev–Trinajstić information content (AvgIpc) is 2.77. The Balaban J connectivity index is 2.16. The molecule has 0 aromatic heterocycles. The van der Waals surface area contributed by atoms with Gasteiger partial charge in [0.25, 0.3) is 0 Å². The number of hydrogen-bond acceptors (Lipinski definition) is 2. The highest BCUT2D eigenvalue weighted by Gasteiger charge is 2.24. The zero-order valence-corrected chi connectivity index (χ0v) is 13.9. The van der Waals surface area contributed by atoms with E-state index in [1.54, 1.807) is 7.11 Å². The van der Waals surface area contributed by atoms with Crippen LogP contribution in [0.1, 0.15) is 63.9 Å². The molecule has 1 atom stereocenters. The Hall–Kier alpha value is -1.02. The minimum absolute atomic E-state index is 0.545. The highest BCUT2D eigenvalue weighted by Crippen LogP contribution is 2.36. The molecule has 0 radical (unpaired) electrons. The first-order chi connectivity index (χ1) is 10.2. The third-order valence-corrected chi connectivity index (χ3v) is 4.74. The van der Waals surface area contributed by atoms with Crippen LogP contribution in [0.2, 0.25) is 0 Å². The van der Waals surface area contributed by atoms with Gasteiger partial charge in [0.05, 0.1) is 7.11 Å². The van der Waals surface area contributed by atoms with Crippen LogP contribution in [-0.4, -0.2) is 19.7 Å². The molecule has 1 aliphatic rings. The van der Waals surface area contributed by atoms with Gasteiger partial charge in [0.2, 0.25) is 0 Å². The molecular weight excluding hydrogens is 258 g/mol. The van der Waals surface area contributed by atoms with Crippen molar-refractivity contribution < 1.29 is 4.74 Å². The number of ether oxygens (including phenoxy) is 1. The predicted molar refractivity (Wildman–Crippen MR) is 90.1 cm³/mol. The first-order valence-corrected chi connectivity index (χ1v) is 8.58. The molecule has 1 aromatic carbocycles. The maximum absolute atomic E-state index is 5.42. The number of rotatable bonds is 6. The number of hydrogen-bond donors (Lipinski definition) is 1. The molecule has 0 heterocycles. The Morgan fingerprint density at radius 3 is 2.48 bits per heavy atom. The molecule has 118 valence electrons. The molecule has 2 nitrogen and oxygen atoms in total. The summed E-state index contributed by atoms with van der Waals surface area (Å²) >= 11 is 0. The molecule has 1 aliphatic carbocycles. The van der Waals surface area contributed by atoms with Crippen molar-refractivity contribution in [1.29, 1.82) is 0 Å². The SMILES string of the molecule is COc1cccc(C(CNC(C)C)C2CCCCCC2)c1. The fraction of sp³-hybridized carbons (Fsp3) is 0.684. The van der Waals surface area contributed by atoms with Gasteiger partial charge in [0, 0.05) is 12.6 Å². The molecule has 0 amide bonds. The second-order valence-corrected chi connectivity index (χ2v) is 6.70. The van der Waals surface area contributed by atoms with E-state index in [2.05, 4.69) is 37.4 Å². The molecule has 1 unspecified atom stereocenters. The third kappa shape index (κ3) is 5.03. The fourth-order valence-corrected chi connectivity index (χ4v) is 3.50. The highest BCUT2D eigenvalue weighted by molar-refractivity contribution is 5.31. The molecule has 0 bridgehead atoms. The van der Waals surface area contributed by atoms with Gasteiger partial charge in [-0.3, -0.25) is 0 Å². The van der Waals surface area contributed by atoms with E-state index in [0.717, 1.165) is 18.2 Å². The van der Waals surface area contributed by atoms with Crippen LogP contribution >= 0.6 is 0 Å². The van der Waals surface area contributed by atoms with Crippen LogP contribution < -0.4 is 10.1 Å². The first-order valence-electron chi connectivity index (χ1n) is 8.58. The number of methoxy groups -OCH3 is 1. The normalized spacial score (nSPS) is 18.5. The van der Waals surface area contributed by atoms with Crippen molar-refractivity contribution in [3.63, 3.8) is 0 Å². The minimum atomic E-state index is 0.545. The molecule has 0 spiro atoms. The largest absolute Gasteiger partial charge is 0.497 e. The van der Waals surface area contributed by atoms with Gasteiger partial charge in [-0.2, -0.15) is 0 Å². The highest BCUT2D eigenvalue weighted by atomic mass is 16.5. The second-order valence-electron chi connectivity index (χ2n) is 6.70. The van der Waals surface area contributed by atoms with E-state index in [0.29, 0.717) is 12.0 Å². The quantitative estimate of drug-likeness (QED) is 0.763. The summed E-state index contributed by atoms with van der Waals surface area (Å²) in [5, 5.41) is 3.66. The fourth-order valence-electron chi connectivity index (χ4n) is 3.50. The molecule has 1 aromatic rings. The molecule has 1 fully saturated rings. The zero-order chi connectivity index (χ0) is 15.1. The van der Waals surface area contributed by atoms with E-state index < -0.39 is 0 Å². The van der Waals surface area contributed by atoms with E-state index >= 15 is 0 Å². The van der Waals surface area contributed by atoms with Crippen LogP contribution in [0.25, 0.3) is 0 Å². The van der Waals surface area contributed by atoms with Crippen LogP contribution in [0.3, 0.4) is 0 Å². The minimum Gasteiger partial charge on any atom is -0.497 e. The summed E-state index contributed by atoms with van der Waals surface area (Å²) in [5.74, 6) is 2.40. The van der Waals surface area contributed by atoms with Crippen LogP contribution in [0.5, 0.6) is 5.75 Å². The summed E-state index contributed by atoms with van der Waals surface area (Å²) in [6.07, 6.45) is 8.38. The molecule has 0 aliphatic heterocycles. The molecule has 2 rings (SSSR count). The lowest BCUT2D eigenvalue weighted by Gasteiger charge is -2.28. The number of benzene rings is 1. The third-order valence-electron chi connectivity index (χ3n) is 4.74. The maximum Gasteiger partial charge on any atom is 0.119 e. The Labute approximate surface area is 130 Å². The van der Waals surface area contributed by atoms with E-state index in [1.807, 2.05) is 6.07 Å². The lowest BCUT2D eigenvalue weighted by atomic mass is 9.81. The zero-order valence-electron chi connectivity index (χ0n) is 13.9. The molecule has 21 heavy (non-hydrogen) atoms. The number of nitrogens with one attached hydrogen (secondary N) is 1. The van der Waals surface area contributed by atoms with Crippen molar-refractivity contribution in [1.82, 2.24) is 5.32 Å². The maximum atomic E-state index is 5.42. The molecule has 0 saturated heterocycles. The van der Waals surface area contributed by atoms with Crippen LogP contribution in [-0.2, 0) is 0 Å². The molecule has 1 N–H and O–H groups in total.